The lowest BCUT2D eigenvalue weighted by Gasteiger charge is -2.18. The number of rotatable bonds is 2. The highest BCUT2D eigenvalue weighted by Gasteiger charge is 2.35. The van der Waals surface area contributed by atoms with Crippen LogP contribution in [0.25, 0.3) is 0 Å². The summed E-state index contributed by atoms with van der Waals surface area (Å²) >= 11 is 0. The molecule has 0 saturated carbocycles. The van der Waals surface area contributed by atoms with E-state index in [-0.39, 0.29) is 0 Å². The fraction of sp³-hybridized carbons (Fsp3) is 0.600. The Labute approximate surface area is 104 Å². The fourth-order valence-corrected chi connectivity index (χ4v) is 3.29. The molecule has 1 aromatic carbocycles. The lowest BCUT2D eigenvalue weighted by Crippen LogP contribution is -2.25. The molecule has 0 aromatic heterocycles. The summed E-state index contributed by atoms with van der Waals surface area (Å²) in [6.45, 7) is 10.6. The zero-order chi connectivity index (χ0) is 11.8. The molecule has 0 unspecified atom stereocenters. The fourth-order valence-electron chi connectivity index (χ4n) is 3.29. The summed E-state index contributed by atoms with van der Waals surface area (Å²) in [7, 11) is 0. The van der Waals surface area contributed by atoms with Crippen LogP contribution in [0.3, 0.4) is 0 Å². The van der Waals surface area contributed by atoms with Crippen molar-refractivity contribution in [2.24, 2.45) is 11.8 Å². The van der Waals surface area contributed by atoms with Crippen molar-refractivity contribution in [1.82, 2.24) is 10.2 Å². The third-order valence-electron chi connectivity index (χ3n) is 4.36. The zero-order valence-corrected chi connectivity index (χ0v) is 10.9. The van der Waals surface area contributed by atoms with Gasteiger partial charge in [0.15, 0.2) is 0 Å². The van der Waals surface area contributed by atoms with Gasteiger partial charge in [0.1, 0.15) is 0 Å². The molecular weight excluding hydrogens is 208 g/mol. The van der Waals surface area contributed by atoms with Gasteiger partial charge in [0.25, 0.3) is 0 Å². The average molecular weight is 230 g/mol. The molecule has 1 N–H and O–H groups in total. The largest absolute Gasteiger partial charge is 0.316 e. The Bertz CT molecular complexity index is 401. The van der Waals surface area contributed by atoms with Crippen LogP contribution in [0.1, 0.15) is 16.7 Å². The number of nitrogens with zero attached hydrogens (tertiary/aromatic N) is 1. The second kappa shape index (κ2) is 4.43. The molecule has 0 spiro atoms. The first-order valence-electron chi connectivity index (χ1n) is 6.71. The van der Waals surface area contributed by atoms with E-state index < -0.39 is 0 Å². The maximum atomic E-state index is 3.50. The van der Waals surface area contributed by atoms with E-state index in [1.165, 1.54) is 42.9 Å². The van der Waals surface area contributed by atoms with Crippen LogP contribution in [0.15, 0.2) is 18.2 Å². The maximum Gasteiger partial charge on any atom is 0.0236 e. The summed E-state index contributed by atoms with van der Waals surface area (Å²) in [6, 6.07) is 6.81. The van der Waals surface area contributed by atoms with Crippen molar-refractivity contribution in [1.29, 1.82) is 0 Å². The lowest BCUT2D eigenvalue weighted by molar-refractivity contribution is 0.305. The van der Waals surface area contributed by atoms with E-state index in [9.17, 15) is 0 Å². The molecule has 0 bridgehead atoms. The topological polar surface area (TPSA) is 15.3 Å². The molecule has 3 rings (SSSR count). The van der Waals surface area contributed by atoms with E-state index in [1.807, 2.05) is 0 Å². The van der Waals surface area contributed by atoms with E-state index in [1.54, 1.807) is 0 Å². The normalized spacial score (nSPS) is 28.6. The number of nitrogens with one attached hydrogen (secondary N) is 1. The van der Waals surface area contributed by atoms with Crippen molar-refractivity contribution in [3.8, 4) is 0 Å². The quantitative estimate of drug-likeness (QED) is 0.835. The predicted molar refractivity (Wildman–Crippen MR) is 71.0 cm³/mol. The van der Waals surface area contributed by atoms with Crippen LogP contribution >= 0.6 is 0 Å². The summed E-state index contributed by atoms with van der Waals surface area (Å²) < 4.78 is 0. The highest BCUT2D eigenvalue weighted by molar-refractivity contribution is 5.30. The van der Waals surface area contributed by atoms with Gasteiger partial charge in [-0.2, -0.15) is 0 Å². The van der Waals surface area contributed by atoms with Crippen LogP contribution in [0.4, 0.5) is 0 Å². The number of hydrogen-bond acceptors (Lipinski definition) is 2. The molecule has 92 valence electrons. The van der Waals surface area contributed by atoms with Crippen molar-refractivity contribution < 1.29 is 0 Å². The number of likely N-dealkylation sites (tertiary alicyclic amines) is 1. The first-order valence-corrected chi connectivity index (χ1v) is 6.71. The zero-order valence-electron chi connectivity index (χ0n) is 10.9. The van der Waals surface area contributed by atoms with E-state index in [0.717, 1.165) is 18.4 Å². The number of hydrogen-bond donors (Lipinski definition) is 1. The third kappa shape index (κ3) is 2.24. The van der Waals surface area contributed by atoms with Gasteiger partial charge in [0.05, 0.1) is 0 Å². The van der Waals surface area contributed by atoms with Gasteiger partial charge < -0.3 is 5.32 Å². The minimum absolute atomic E-state index is 0.903. The molecule has 0 radical (unpaired) electrons. The summed E-state index contributed by atoms with van der Waals surface area (Å²) in [5, 5.41) is 3.50. The van der Waals surface area contributed by atoms with Crippen molar-refractivity contribution >= 4 is 0 Å². The molecule has 2 atom stereocenters. The smallest absolute Gasteiger partial charge is 0.0236 e. The van der Waals surface area contributed by atoms with Crippen LogP contribution < -0.4 is 5.32 Å². The molecule has 2 fully saturated rings. The first-order chi connectivity index (χ1) is 8.22. The Morgan fingerprint density at radius 3 is 2.59 bits per heavy atom. The van der Waals surface area contributed by atoms with Crippen LogP contribution in [0.5, 0.6) is 0 Å². The Kier molecular flexibility index (Phi) is 2.93. The summed E-state index contributed by atoms with van der Waals surface area (Å²) in [6.07, 6.45) is 0. The van der Waals surface area contributed by atoms with Gasteiger partial charge in [0, 0.05) is 19.6 Å². The molecule has 0 aliphatic carbocycles. The van der Waals surface area contributed by atoms with Gasteiger partial charge in [0.2, 0.25) is 0 Å². The Hall–Kier alpha value is -0.860. The van der Waals surface area contributed by atoms with E-state index in [2.05, 4.69) is 42.3 Å². The van der Waals surface area contributed by atoms with Crippen molar-refractivity contribution in [3.63, 3.8) is 0 Å². The van der Waals surface area contributed by atoms with Crippen LogP contribution in [0.2, 0.25) is 0 Å². The SMILES string of the molecule is Cc1ccc(C)c(CN2C[C@H]3CNC[C@H]3C2)c1. The molecule has 2 heterocycles. The van der Waals surface area contributed by atoms with E-state index in [4.69, 9.17) is 0 Å². The maximum absolute atomic E-state index is 3.50. The molecule has 1 aromatic rings. The molecule has 2 nitrogen and oxygen atoms in total. The molecule has 2 aliphatic heterocycles. The van der Waals surface area contributed by atoms with Gasteiger partial charge in [-0.1, -0.05) is 23.8 Å². The highest BCUT2D eigenvalue weighted by atomic mass is 15.2. The van der Waals surface area contributed by atoms with Crippen LogP contribution in [-0.4, -0.2) is 31.1 Å². The summed E-state index contributed by atoms with van der Waals surface area (Å²) in [5.41, 5.74) is 4.33. The van der Waals surface area contributed by atoms with Gasteiger partial charge >= 0.3 is 0 Å². The highest BCUT2D eigenvalue weighted by Crippen LogP contribution is 2.28. The van der Waals surface area contributed by atoms with Crippen molar-refractivity contribution in [3.05, 3.63) is 34.9 Å². The van der Waals surface area contributed by atoms with E-state index in [0.29, 0.717) is 0 Å². The minimum atomic E-state index is 0.903. The minimum Gasteiger partial charge on any atom is -0.316 e. The van der Waals surface area contributed by atoms with Crippen molar-refractivity contribution in [2.45, 2.75) is 20.4 Å². The Morgan fingerprint density at radius 2 is 1.88 bits per heavy atom. The standard InChI is InChI=1S/C15H22N2/c1-11-3-4-12(2)13(5-11)8-17-9-14-6-16-7-15(14)10-17/h3-5,14-16H,6-10H2,1-2H3/t14-,15+. The number of aryl methyl sites for hydroxylation is 2. The van der Waals surface area contributed by atoms with Gasteiger partial charge in [-0.05, 0) is 49.9 Å². The molecule has 17 heavy (non-hydrogen) atoms. The first kappa shape index (κ1) is 11.2. The van der Waals surface area contributed by atoms with Gasteiger partial charge in [-0.15, -0.1) is 0 Å². The van der Waals surface area contributed by atoms with E-state index >= 15 is 0 Å². The molecule has 2 aliphatic rings. The second-order valence-electron chi connectivity index (χ2n) is 5.80. The predicted octanol–water partition coefficient (Wildman–Crippen LogP) is 1.95. The summed E-state index contributed by atoms with van der Waals surface area (Å²) in [5.74, 6) is 1.81. The molecule has 2 heteroatoms. The number of fused-ring (bicyclic) bond motifs is 1. The Balaban J connectivity index is 1.69. The Morgan fingerprint density at radius 1 is 1.18 bits per heavy atom. The van der Waals surface area contributed by atoms with Crippen LogP contribution in [-0.2, 0) is 6.54 Å². The summed E-state index contributed by atoms with van der Waals surface area (Å²) in [4.78, 5) is 2.64. The van der Waals surface area contributed by atoms with Crippen molar-refractivity contribution in [2.75, 3.05) is 26.2 Å². The second-order valence-corrected chi connectivity index (χ2v) is 5.80. The van der Waals surface area contributed by atoms with Gasteiger partial charge in [-0.3, -0.25) is 4.90 Å². The third-order valence-corrected chi connectivity index (χ3v) is 4.36. The van der Waals surface area contributed by atoms with Crippen LogP contribution in [0, 0.1) is 25.7 Å². The number of benzene rings is 1. The average Bonchev–Trinajstić information content (AvgIpc) is 2.83. The molecular formula is C15H22N2. The molecule has 0 amide bonds. The van der Waals surface area contributed by atoms with Gasteiger partial charge in [-0.25, -0.2) is 0 Å². The lowest BCUT2D eigenvalue weighted by atomic mass is 10.0. The molecule has 2 saturated heterocycles. The monoisotopic (exact) mass is 230 g/mol.